The number of methoxy groups -OCH3 is 2. The topological polar surface area (TPSA) is 64.6 Å². The second-order valence-corrected chi connectivity index (χ2v) is 7.66. The number of esters is 1. The molecule has 0 fully saturated rings. The van der Waals surface area contributed by atoms with E-state index in [4.69, 9.17) is 9.47 Å². The van der Waals surface area contributed by atoms with Crippen LogP contribution in [0.1, 0.15) is 45.1 Å². The summed E-state index contributed by atoms with van der Waals surface area (Å²) in [5, 5.41) is 3.30. The van der Waals surface area contributed by atoms with Gasteiger partial charge in [-0.15, -0.1) is 0 Å². The van der Waals surface area contributed by atoms with E-state index in [1.165, 1.54) is 7.11 Å². The number of Topliss-reactive ketones (excluding diaryl/α,β-unsaturated/α-hetero) is 1. The number of allylic oxidation sites excluding steroid dienone is 3. The third-order valence-corrected chi connectivity index (χ3v) is 5.09. The molecule has 3 rings (SSSR count). The maximum atomic E-state index is 13.1. The molecule has 5 heteroatoms. The van der Waals surface area contributed by atoms with Crippen LogP contribution < -0.4 is 10.1 Å². The minimum absolute atomic E-state index is 0.0635. The number of benzene rings is 1. The summed E-state index contributed by atoms with van der Waals surface area (Å²) in [4.78, 5) is 25.7. The highest BCUT2D eigenvalue weighted by atomic mass is 16.5. The molecule has 0 amide bonds. The molecule has 0 bridgehead atoms. The molecule has 1 aliphatic carbocycles. The zero-order valence-corrected chi connectivity index (χ0v) is 15.9. The van der Waals surface area contributed by atoms with Crippen LogP contribution in [0.5, 0.6) is 5.75 Å². The fraction of sp³-hybridized carbons (Fsp3) is 0.429. The summed E-state index contributed by atoms with van der Waals surface area (Å²) in [6, 6.07) is 7.52. The molecule has 1 aromatic rings. The minimum atomic E-state index is -0.488. The molecule has 26 heavy (non-hydrogen) atoms. The van der Waals surface area contributed by atoms with E-state index in [2.05, 4.69) is 19.2 Å². The third kappa shape index (κ3) is 3.02. The fourth-order valence-electron chi connectivity index (χ4n) is 4.03. The Labute approximate surface area is 154 Å². The van der Waals surface area contributed by atoms with Crippen LogP contribution in [0.15, 0.2) is 46.8 Å². The lowest BCUT2D eigenvalue weighted by atomic mass is 9.68. The van der Waals surface area contributed by atoms with Gasteiger partial charge in [-0.1, -0.05) is 32.0 Å². The fourth-order valence-corrected chi connectivity index (χ4v) is 4.03. The molecule has 0 saturated heterocycles. The predicted octanol–water partition coefficient (Wildman–Crippen LogP) is 3.47. The van der Waals surface area contributed by atoms with Crippen LogP contribution in [-0.2, 0) is 14.3 Å². The number of carbonyl (C=O) groups excluding carboxylic acids is 2. The van der Waals surface area contributed by atoms with Gasteiger partial charge in [-0.25, -0.2) is 4.79 Å². The van der Waals surface area contributed by atoms with Gasteiger partial charge in [-0.05, 0) is 24.8 Å². The second-order valence-electron chi connectivity index (χ2n) is 7.66. The molecule has 1 atom stereocenters. The van der Waals surface area contributed by atoms with Crippen LogP contribution in [0.2, 0.25) is 0 Å². The normalized spacial score (nSPS) is 21.9. The number of carbonyl (C=O) groups is 2. The average Bonchev–Trinajstić information content (AvgIpc) is 2.58. The van der Waals surface area contributed by atoms with Gasteiger partial charge in [-0.2, -0.15) is 0 Å². The van der Waals surface area contributed by atoms with Crippen LogP contribution in [0.25, 0.3) is 0 Å². The number of ketones is 1. The lowest BCUT2D eigenvalue weighted by Crippen LogP contribution is -2.38. The molecular formula is C21H25NO4. The van der Waals surface area contributed by atoms with Crippen molar-refractivity contribution in [2.24, 2.45) is 5.41 Å². The van der Waals surface area contributed by atoms with Crippen molar-refractivity contribution in [1.29, 1.82) is 0 Å². The van der Waals surface area contributed by atoms with Crippen molar-refractivity contribution in [3.05, 3.63) is 52.4 Å². The summed E-state index contributed by atoms with van der Waals surface area (Å²) in [5.41, 5.74) is 3.42. The number of dihydropyridines is 1. The largest absolute Gasteiger partial charge is 0.496 e. The molecule has 0 radical (unpaired) electrons. The van der Waals surface area contributed by atoms with E-state index < -0.39 is 11.9 Å². The molecule has 0 saturated carbocycles. The second kappa shape index (κ2) is 6.63. The minimum Gasteiger partial charge on any atom is -0.496 e. The van der Waals surface area contributed by atoms with Gasteiger partial charge in [0.2, 0.25) is 0 Å². The van der Waals surface area contributed by atoms with Gasteiger partial charge in [0.25, 0.3) is 0 Å². The van der Waals surface area contributed by atoms with E-state index in [0.717, 1.165) is 23.4 Å². The van der Waals surface area contributed by atoms with Crippen molar-refractivity contribution in [3.63, 3.8) is 0 Å². The van der Waals surface area contributed by atoms with Gasteiger partial charge in [0, 0.05) is 29.0 Å². The summed E-state index contributed by atoms with van der Waals surface area (Å²) in [6.07, 6.45) is 1.21. The highest BCUT2D eigenvalue weighted by Crippen LogP contribution is 2.48. The van der Waals surface area contributed by atoms with E-state index in [1.807, 2.05) is 31.2 Å². The summed E-state index contributed by atoms with van der Waals surface area (Å²) in [7, 11) is 2.95. The number of hydrogen-bond acceptors (Lipinski definition) is 5. The van der Waals surface area contributed by atoms with Crippen LogP contribution in [-0.4, -0.2) is 26.0 Å². The molecule has 5 nitrogen and oxygen atoms in total. The Bertz CT molecular complexity index is 832. The van der Waals surface area contributed by atoms with Crippen molar-refractivity contribution in [3.8, 4) is 5.75 Å². The van der Waals surface area contributed by atoms with Crippen molar-refractivity contribution < 1.29 is 19.1 Å². The quantitative estimate of drug-likeness (QED) is 0.841. The average molecular weight is 355 g/mol. The van der Waals surface area contributed by atoms with E-state index in [0.29, 0.717) is 23.3 Å². The van der Waals surface area contributed by atoms with E-state index in [9.17, 15) is 9.59 Å². The van der Waals surface area contributed by atoms with E-state index in [1.54, 1.807) is 7.11 Å². The molecule has 1 N–H and O–H groups in total. The molecule has 0 aromatic heterocycles. The molecule has 0 spiro atoms. The Hall–Kier alpha value is -2.56. The SMILES string of the molecule is COC(=O)C1=C(C)NC2=C(C(=O)CC(C)(C)C2)[C@H]1c1ccccc1OC. The number of para-hydroxylation sites is 1. The van der Waals surface area contributed by atoms with Gasteiger partial charge >= 0.3 is 5.97 Å². The summed E-state index contributed by atoms with van der Waals surface area (Å²) < 4.78 is 10.6. The Morgan fingerprint density at radius 3 is 2.54 bits per heavy atom. The molecular weight excluding hydrogens is 330 g/mol. The first-order valence-corrected chi connectivity index (χ1v) is 8.74. The molecule has 138 valence electrons. The Morgan fingerprint density at radius 2 is 1.88 bits per heavy atom. The van der Waals surface area contributed by atoms with Crippen LogP contribution >= 0.6 is 0 Å². The molecule has 2 aliphatic rings. The van der Waals surface area contributed by atoms with Crippen molar-refractivity contribution in [2.75, 3.05) is 14.2 Å². The Kier molecular flexibility index (Phi) is 4.65. The monoisotopic (exact) mass is 355 g/mol. The highest BCUT2D eigenvalue weighted by Gasteiger charge is 2.43. The first-order chi connectivity index (χ1) is 12.3. The molecule has 1 aliphatic heterocycles. The van der Waals surface area contributed by atoms with Crippen molar-refractivity contribution in [2.45, 2.75) is 39.5 Å². The number of rotatable bonds is 3. The molecule has 0 unspecified atom stereocenters. The maximum Gasteiger partial charge on any atom is 0.336 e. The van der Waals surface area contributed by atoms with Crippen molar-refractivity contribution in [1.82, 2.24) is 5.32 Å². The zero-order valence-electron chi connectivity index (χ0n) is 15.9. The number of nitrogens with one attached hydrogen (secondary N) is 1. The summed E-state index contributed by atoms with van der Waals surface area (Å²) in [5.74, 6) is -0.208. The smallest absolute Gasteiger partial charge is 0.336 e. The Morgan fingerprint density at radius 1 is 1.19 bits per heavy atom. The van der Waals surface area contributed by atoms with Crippen LogP contribution in [0.3, 0.4) is 0 Å². The predicted molar refractivity (Wildman–Crippen MR) is 98.6 cm³/mol. The molecule has 1 aromatic carbocycles. The first-order valence-electron chi connectivity index (χ1n) is 8.74. The van der Waals surface area contributed by atoms with Crippen LogP contribution in [0.4, 0.5) is 0 Å². The third-order valence-electron chi connectivity index (χ3n) is 5.09. The Balaban J connectivity index is 2.25. The van der Waals surface area contributed by atoms with E-state index in [-0.39, 0.29) is 11.2 Å². The maximum absolute atomic E-state index is 13.1. The molecule has 1 heterocycles. The van der Waals surface area contributed by atoms with Gasteiger partial charge in [-0.3, -0.25) is 4.79 Å². The van der Waals surface area contributed by atoms with E-state index >= 15 is 0 Å². The van der Waals surface area contributed by atoms with Crippen LogP contribution in [0, 0.1) is 5.41 Å². The van der Waals surface area contributed by atoms with Crippen molar-refractivity contribution >= 4 is 11.8 Å². The lowest BCUT2D eigenvalue weighted by molar-refractivity contribution is -0.136. The zero-order chi connectivity index (χ0) is 19.1. The number of hydrogen-bond donors (Lipinski definition) is 1. The number of ether oxygens (including phenoxy) is 2. The van der Waals surface area contributed by atoms with Gasteiger partial charge < -0.3 is 14.8 Å². The van der Waals surface area contributed by atoms with Gasteiger partial charge in [0.15, 0.2) is 5.78 Å². The highest BCUT2D eigenvalue weighted by molar-refractivity contribution is 6.04. The lowest BCUT2D eigenvalue weighted by Gasteiger charge is -2.39. The summed E-state index contributed by atoms with van der Waals surface area (Å²) in [6.45, 7) is 6.03. The first kappa shape index (κ1) is 18.2. The van der Waals surface area contributed by atoms with Gasteiger partial charge in [0.1, 0.15) is 5.75 Å². The summed E-state index contributed by atoms with van der Waals surface area (Å²) >= 11 is 0. The standard InChI is InChI=1S/C21H25NO4/c1-12-17(20(24)26-5)18(13-8-6-7-9-16(13)25-4)19-14(22-12)10-21(2,3)11-15(19)23/h6-9,18,22H,10-11H2,1-5H3/t18-/m0/s1. The van der Waals surface area contributed by atoms with Gasteiger partial charge in [0.05, 0.1) is 25.7 Å².